The summed E-state index contributed by atoms with van der Waals surface area (Å²) in [6.07, 6.45) is 2.07. The monoisotopic (exact) mass is 357 g/mol. The minimum absolute atomic E-state index is 0.00104. The Morgan fingerprint density at radius 1 is 1.56 bits per heavy atom. The van der Waals surface area contributed by atoms with Gasteiger partial charge in [-0.2, -0.15) is 5.10 Å². The molecule has 8 heteroatoms. The van der Waals surface area contributed by atoms with E-state index in [-0.39, 0.29) is 16.1 Å². The van der Waals surface area contributed by atoms with Crippen molar-refractivity contribution >= 4 is 37.6 Å². The van der Waals surface area contributed by atoms with Crippen molar-refractivity contribution < 1.29 is 8.42 Å². The van der Waals surface area contributed by atoms with Crippen molar-refractivity contribution in [3.8, 4) is 0 Å². The zero-order valence-electron chi connectivity index (χ0n) is 10.5. The molecule has 18 heavy (non-hydrogen) atoms. The van der Waals surface area contributed by atoms with Crippen LogP contribution in [0.1, 0.15) is 20.3 Å². The van der Waals surface area contributed by atoms with E-state index in [2.05, 4.69) is 25.8 Å². The highest BCUT2D eigenvalue weighted by atomic mass is 79.9. The Balaban J connectivity index is 2.94. The van der Waals surface area contributed by atoms with Gasteiger partial charge in [-0.15, -0.1) is 0 Å². The Kier molecular flexibility index (Phi) is 5.64. The lowest BCUT2D eigenvalue weighted by Gasteiger charge is -2.18. The fourth-order valence-electron chi connectivity index (χ4n) is 1.69. The molecular weight excluding hydrogens is 342 g/mol. The number of nitrogens with zero attached hydrogens (tertiary/aromatic N) is 2. The van der Waals surface area contributed by atoms with E-state index in [0.717, 1.165) is 6.42 Å². The molecular formula is C10H17BrClN3O2S. The van der Waals surface area contributed by atoms with E-state index < -0.39 is 10.0 Å². The van der Waals surface area contributed by atoms with E-state index in [1.54, 1.807) is 7.05 Å². The minimum Gasteiger partial charge on any atom is -0.255 e. The van der Waals surface area contributed by atoms with Crippen molar-refractivity contribution in [1.29, 1.82) is 0 Å². The van der Waals surface area contributed by atoms with Gasteiger partial charge in [-0.05, 0) is 12.3 Å². The van der Waals surface area contributed by atoms with Crippen molar-refractivity contribution in [3.63, 3.8) is 0 Å². The van der Waals surface area contributed by atoms with Crippen molar-refractivity contribution in [2.24, 2.45) is 13.0 Å². The van der Waals surface area contributed by atoms with Crippen molar-refractivity contribution in [1.82, 2.24) is 14.5 Å². The molecule has 1 aromatic rings. The predicted molar refractivity (Wildman–Crippen MR) is 75.6 cm³/mol. The third kappa shape index (κ3) is 3.94. The van der Waals surface area contributed by atoms with Gasteiger partial charge < -0.3 is 0 Å². The molecule has 0 fully saturated rings. The summed E-state index contributed by atoms with van der Waals surface area (Å²) in [4.78, 5) is 0. The quantitative estimate of drug-likeness (QED) is 0.793. The SMILES string of the molecule is CC(C)CC(CBr)NS(=O)(=O)c1c(Cl)cnn1C. The topological polar surface area (TPSA) is 64.0 Å². The molecule has 1 heterocycles. The molecule has 0 saturated heterocycles. The largest absolute Gasteiger partial charge is 0.259 e. The van der Waals surface area contributed by atoms with Gasteiger partial charge in [0.25, 0.3) is 10.0 Å². The van der Waals surface area contributed by atoms with Crippen LogP contribution >= 0.6 is 27.5 Å². The maximum Gasteiger partial charge on any atom is 0.259 e. The normalized spacial score (nSPS) is 14.1. The number of aryl methyl sites for hydroxylation is 1. The molecule has 0 aliphatic heterocycles. The summed E-state index contributed by atoms with van der Waals surface area (Å²) in [5.74, 6) is 0.400. The number of hydrogen-bond donors (Lipinski definition) is 1. The standard InChI is InChI=1S/C10H17BrClN3O2S/c1-7(2)4-8(5-11)14-18(16,17)10-9(12)6-13-15(10)3/h6-8,14H,4-5H2,1-3H3. The molecule has 104 valence electrons. The summed E-state index contributed by atoms with van der Waals surface area (Å²) in [6, 6.07) is -0.166. The molecule has 1 unspecified atom stereocenters. The Bertz CT molecular complexity index is 482. The number of sulfonamides is 1. The zero-order valence-corrected chi connectivity index (χ0v) is 13.7. The molecule has 0 saturated carbocycles. The molecule has 0 radical (unpaired) electrons. The van der Waals surface area contributed by atoms with Crippen molar-refractivity contribution in [2.45, 2.75) is 31.3 Å². The van der Waals surface area contributed by atoms with Crippen LogP contribution in [0.4, 0.5) is 0 Å². The molecule has 1 N–H and O–H groups in total. The number of hydrogen-bond acceptors (Lipinski definition) is 3. The molecule has 1 atom stereocenters. The maximum atomic E-state index is 12.2. The van der Waals surface area contributed by atoms with Gasteiger partial charge in [0.05, 0.1) is 11.2 Å². The third-order valence-corrected chi connectivity index (χ3v) is 5.17. The first-order valence-corrected chi connectivity index (χ1v) is 8.52. The van der Waals surface area contributed by atoms with Gasteiger partial charge >= 0.3 is 0 Å². The van der Waals surface area contributed by atoms with Gasteiger partial charge in [-0.1, -0.05) is 41.4 Å². The van der Waals surface area contributed by atoms with Crippen LogP contribution in [-0.4, -0.2) is 29.6 Å². The molecule has 1 rings (SSSR count). The van der Waals surface area contributed by atoms with Crippen LogP contribution < -0.4 is 4.72 Å². The van der Waals surface area contributed by atoms with E-state index in [0.29, 0.717) is 11.2 Å². The van der Waals surface area contributed by atoms with Crippen LogP contribution in [0.2, 0.25) is 5.02 Å². The smallest absolute Gasteiger partial charge is 0.255 e. The fourth-order valence-corrected chi connectivity index (χ4v) is 4.23. The predicted octanol–water partition coefficient (Wildman–Crippen LogP) is 2.16. The molecule has 0 spiro atoms. The molecule has 1 aromatic heterocycles. The van der Waals surface area contributed by atoms with Crippen LogP contribution in [-0.2, 0) is 17.1 Å². The third-order valence-electron chi connectivity index (χ3n) is 2.36. The summed E-state index contributed by atoms with van der Waals surface area (Å²) in [5, 5.41) is 4.51. The van der Waals surface area contributed by atoms with E-state index in [4.69, 9.17) is 11.6 Å². The minimum atomic E-state index is -3.65. The first kappa shape index (κ1) is 15.9. The number of nitrogens with one attached hydrogen (secondary N) is 1. The van der Waals surface area contributed by atoms with Gasteiger partial charge in [0.15, 0.2) is 5.03 Å². The summed E-state index contributed by atoms with van der Waals surface area (Å²) in [5.41, 5.74) is 0. The highest BCUT2D eigenvalue weighted by Gasteiger charge is 2.25. The average molecular weight is 359 g/mol. The van der Waals surface area contributed by atoms with Gasteiger partial charge in [0, 0.05) is 18.4 Å². The van der Waals surface area contributed by atoms with Crippen LogP contribution in [0.25, 0.3) is 0 Å². The first-order chi connectivity index (χ1) is 8.27. The van der Waals surface area contributed by atoms with E-state index in [1.165, 1.54) is 10.9 Å². The van der Waals surface area contributed by atoms with Crippen LogP contribution in [0.5, 0.6) is 0 Å². The average Bonchev–Trinajstić information content (AvgIpc) is 2.56. The Labute approximate surface area is 121 Å². The molecule has 0 bridgehead atoms. The molecule has 0 aliphatic rings. The molecule has 0 aromatic carbocycles. The summed E-state index contributed by atoms with van der Waals surface area (Å²) in [6.45, 7) is 4.09. The molecule has 0 aliphatic carbocycles. The lowest BCUT2D eigenvalue weighted by Crippen LogP contribution is -2.37. The zero-order chi connectivity index (χ0) is 13.9. The van der Waals surface area contributed by atoms with Crippen LogP contribution in [0, 0.1) is 5.92 Å². The summed E-state index contributed by atoms with van der Waals surface area (Å²) < 4.78 is 28.3. The van der Waals surface area contributed by atoms with Gasteiger partial charge in [-0.25, -0.2) is 13.1 Å². The van der Waals surface area contributed by atoms with Crippen molar-refractivity contribution in [2.75, 3.05) is 5.33 Å². The van der Waals surface area contributed by atoms with E-state index >= 15 is 0 Å². The second-order valence-corrected chi connectivity index (χ2v) is 7.21. The lowest BCUT2D eigenvalue weighted by molar-refractivity contribution is 0.484. The van der Waals surface area contributed by atoms with Crippen molar-refractivity contribution in [3.05, 3.63) is 11.2 Å². The highest BCUT2D eigenvalue weighted by molar-refractivity contribution is 9.09. The van der Waals surface area contributed by atoms with Gasteiger partial charge in [-0.3, -0.25) is 4.68 Å². The van der Waals surface area contributed by atoms with E-state index in [1.807, 2.05) is 13.8 Å². The number of alkyl halides is 1. The van der Waals surface area contributed by atoms with E-state index in [9.17, 15) is 8.42 Å². The highest BCUT2D eigenvalue weighted by Crippen LogP contribution is 2.20. The number of aromatic nitrogens is 2. The summed E-state index contributed by atoms with van der Waals surface area (Å²) >= 11 is 9.16. The first-order valence-electron chi connectivity index (χ1n) is 5.53. The number of halogens is 2. The second-order valence-electron chi connectivity index (χ2n) is 4.52. The van der Waals surface area contributed by atoms with Crippen LogP contribution in [0.3, 0.4) is 0 Å². The number of rotatable bonds is 6. The Morgan fingerprint density at radius 3 is 2.56 bits per heavy atom. The molecule has 0 amide bonds. The maximum absolute atomic E-state index is 12.2. The van der Waals surface area contributed by atoms with Gasteiger partial charge in [0.1, 0.15) is 0 Å². The van der Waals surface area contributed by atoms with Gasteiger partial charge in [0.2, 0.25) is 0 Å². The summed E-state index contributed by atoms with van der Waals surface area (Å²) in [7, 11) is -2.10. The Hall–Kier alpha value is -0.110. The second kappa shape index (κ2) is 6.36. The Morgan fingerprint density at radius 2 is 2.17 bits per heavy atom. The lowest BCUT2D eigenvalue weighted by atomic mass is 10.1. The molecule has 5 nitrogen and oxygen atoms in total. The van der Waals surface area contributed by atoms with Crippen LogP contribution in [0.15, 0.2) is 11.2 Å². The fraction of sp³-hybridized carbons (Fsp3) is 0.700.